The highest BCUT2D eigenvalue weighted by atomic mass is 35.5. The quantitative estimate of drug-likeness (QED) is 0.835. The van der Waals surface area contributed by atoms with E-state index in [1.807, 2.05) is 0 Å². The minimum Gasteiger partial charge on any atom is -0.493 e. The zero-order valence-electron chi connectivity index (χ0n) is 10.8. The molecule has 0 aliphatic heterocycles. The van der Waals surface area contributed by atoms with Crippen molar-refractivity contribution >= 4 is 47.4 Å². The fraction of sp³-hybridized carbons (Fsp3) is 0.0769. The van der Waals surface area contributed by atoms with E-state index in [-0.39, 0.29) is 21.3 Å². The van der Waals surface area contributed by atoms with Gasteiger partial charge in [-0.05, 0) is 29.7 Å². The van der Waals surface area contributed by atoms with Crippen LogP contribution in [-0.2, 0) is 0 Å². The van der Waals surface area contributed by atoms with Gasteiger partial charge in [-0.1, -0.05) is 34.8 Å². The van der Waals surface area contributed by atoms with E-state index in [1.54, 1.807) is 18.2 Å². The summed E-state index contributed by atoms with van der Waals surface area (Å²) in [6, 6.07) is 7.55. The van der Waals surface area contributed by atoms with Crippen molar-refractivity contribution in [3.05, 3.63) is 45.4 Å². The van der Waals surface area contributed by atoms with Crippen molar-refractivity contribution in [2.75, 3.05) is 7.11 Å². The molecule has 21 heavy (non-hydrogen) atoms. The highest BCUT2D eigenvalue weighted by Crippen LogP contribution is 2.39. The van der Waals surface area contributed by atoms with Crippen LogP contribution in [0.5, 0.6) is 17.2 Å². The third-order valence-electron chi connectivity index (χ3n) is 2.66. The van der Waals surface area contributed by atoms with Crippen LogP contribution in [0.2, 0.25) is 15.1 Å². The topological polar surface area (TPSA) is 58.9 Å². The van der Waals surface area contributed by atoms with Gasteiger partial charge in [-0.2, -0.15) is 0 Å². The molecule has 2 rings (SSSR count). The van der Waals surface area contributed by atoms with Gasteiger partial charge in [0.05, 0.1) is 17.2 Å². The molecule has 0 saturated heterocycles. The Labute approximate surface area is 136 Å². The minimum absolute atomic E-state index is 0.141. The van der Waals surface area contributed by atoms with Crippen LogP contribution in [0.15, 0.2) is 30.3 Å². The molecule has 4 nitrogen and oxygen atoms in total. The van der Waals surface area contributed by atoms with Gasteiger partial charge in [-0.15, -0.1) is 0 Å². The van der Waals surface area contributed by atoms with E-state index in [0.29, 0.717) is 16.5 Å². The lowest BCUT2D eigenvalue weighted by molar-refractivity contribution is 0.379. The van der Waals surface area contributed by atoms with Gasteiger partial charge in [0, 0.05) is 11.1 Å². The van der Waals surface area contributed by atoms with Gasteiger partial charge in [0.2, 0.25) is 0 Å². The second-order valence-electron chi connectivity index (χ2n) is 4.08. The maximum atomic E-state index is 9.13. The molecule has 0 aliphatic rings. The van der Waals surface area contributed by atoms with E-state index < -0.39 is 7.12 Å². The van der Waals surface area contributed by atoms with Crippen molar-refractivity contribution in [3.63, 3.8) is 0 Å². The highest BCUT2D eigenvalue weighted by molar-refractivity contribution is 6.59. The van der Waals surface area contributed by atoms with Gasteiger partial charge in [0.25, 0.3) is 0 Å². The van der Waals surface area contributed by atoms with Crippen molar-refractivity contribution < 1.29 is 19.5 Å². The summed E-state index contributed by atoms with van der Waals surface area (Å²) in [6.07, 6.45) is 0. The molecule has 0 saturated carbocycles. The molecule has 2 aromatic rings. The number of rotatable bonds is 4. The summed E-state index contributed by atoms with van der Waals surface area (Å²) in [5, 5.41) is 19.0. The van der Waals surface area contributed by atoms with Crippen molar-refractivity contribution in [3.8, 4) is 17.2 Å². The van der Waals surface area contributed by atoms with Crippen LogP contribution in [0.4, 0.5) is 0 Å². The van der Waals surface area contributed by atoms with Crippen LogP contribution in [0, 0.1) is 0 Å². The maximum absolute atomic E-state index is 9.13. The lowest BCUT2D eigenvalue weighted by atomic mass is 9.80. The summed E-state index contributed by atoms with van der Waals surface area (Å²) in [5.74, 6) is 0.979. The lowest BCUT2D eigenvalue weighted by Crippen LogP contribution is -2.29. The third kappa shape index (κ3) is 3.76. The smallest absolute Gasteiger partial charge is 0.488 e. The average Bonchev–Trinajstić information content (AvgIpc) is 2.43. The Morgan fingerprint density at radius 2 is 1.57 bits per heavy atom. The van der Waals surface area contributed by atoms with E-state index in [9.17, 15) is 0 Å². The highest BCUT2D eigenvalue weighted by Gasteiger charge is 2.18. The monoisotopic (exact) mass is 346 g/mol. The Bertz CT molecular complexity index is 641. The number of benzene rings is 2. The van der Waals surface area contributed by atoms with Gasteiger partial charge in [0.15, 0.2) is 17.2 Å². The zero-order valence-corrected chi connectivity index (χ0v) is 13.1. The predicted octanol–water partition coefficient (Wildman–Crippen LogP) is 3.13. The molecule has 8 heteroatoms. The molecular formula is C13H10BCl3O4. The standard InChI is InChI=1S/C13H10BCl3O4/c1-20-12-6-8(15)2-3-11(12)21-13-9(16)4-7(14(18)19)5-10(13)17/h2-6,18-19H,1H3. The van der Waals surface area contributed by atoms with Crippen LogP contribution >= 0.6 is 34.8 Å². The van der Waals surface area contributed by atoms with Crippen molar-refractivity contribution in [1.82, 2.24) is 0 Å². The number of hydrogen-bond donors (Lipinski definition) is 2. The summed E-state index contributed by atoms with van der Waals surface area (Å²) in [5.41, 5.74) is 0.167. The van der Waals surface area contributed by atoms with Crippen molar-refractivity contribution in [1.29, 1.82) is 0 Å². The van der Waals surface area contributed by atoms with Crippen LogP contribution in [0.25, 0.3) is 0 Å². The Balaban J connectivity index is 2.40. The number of ether oxygens (including phenoxy) is 2. The Hall–Kier alpha value is -1.11. The molecule has 110 valence electrons. The third-order valence-corrected chi connectivity index (χ3v) is 3.45. The molecule has 2 aromatic carbocycles. The van der Waals surface area contributed by atoms with E-state index in [2.05, 4.69) is 0 Å². The van der Waals surface area contributed by atoms with Gasteiger partial charge >= 0.3 is 7.12 Å². The molecule has 0 heterocycles. The van der Waals surface area contributed by atoms with Gasteiger partial charge in [-0.3, -0.25) is 0 Å². The maximum Gasteiger partial charge on any atom is 0.488 e. The molecule has 2 N–H and O–H groups in total. The largest absolute Gasteiger partial charge is 0.493 e. The number of methoxy groups -OCH3 is 1. The van der Waals surface area contributed by atoms with Gasteiger partial charge in [0.1, 0.15) is 0 Å². The second-order valence-corrected chi connectivity index (χ2v) is 5.34. The first-order chi connectivity index (χ1) is 9.92. The van der Waals surface area contributed by atoms with Crippen LogP contribution in [0.3, 0.4) is 0 Å². The molecule has 0 atom stereocenters. The first-order valence-electron chi connectivity index (χ1n) is 5.79. The number of halogens is 3. The normalized spacial score (nSPS) is 10.4. The second kappa shape index (κ2) is 6.77. The molecular weight excluding hydrogens is 337 g/mol. The van der Waals surface area contributed by atoms with Gasteiger partial charge < -0.3 is 19.5 Å². The van der Waals surface area contributed by atoms with Crippen LogP contribution in [0.1, 0.15) is 0 Å². The van der Waals surface area contributed by atoms with E-state index in [0.717, 1.165) is 0 Å². The molecule has 0 aliphatic carbocycles. The van der Waals surface area contributed by atoms with Crippen LogP contribution in [-0.4, -0.2) is 24.3 Å². The van der Waals surface area contributed by atoms with E-state index >= 15 is 0 Å². The Kier molecular flexibility index (Phi) is 5.24. The summed E-state index contributed by atoms with van der Waals surface area (Å²) in [6.45, 7) is 0. The molecule has 0 fully saturated rings. The summed E-state index contributed by atoms with van der Waals surface area (Å²) in [7, 11) is -0.188. The van der Waals surface area contributed by atoms with E-state index in [4.69, 9.17) is 54.3 Å². The first kappa shape index (κ1) is 16.3. The lowest BCUT2D eigenvalue weighted by Gasteiger charge is -2.14. The molecule has 0 radical (unpaired) electrons. The average molecular weight is 347 g/mol. The fourth-order valence-corrected chi connectivity index (χ4v) is 2.40. The molecule has 0 unspecified atom stereocenters. The Morgan fingerprint density at radius 3 is 2.10 bits per heavy atom. The van der Waals surface area contributed by atoms with E-state index in [1.165, 1.54) is 19.2 Å². The fourth-order valence-electron chi connectivity index (χ4n) is 1.66. The summed E-state index contributed by atoms with van der Waals surface area (Å²) >= 11 is 18.0. The van der Waals surface area contributed by atoms with Crippen molar-refractivity contribution in [2.45, 2.75) is 0 Å². The molecule has 0 amide bonds. The van der Waals surface area contributed by atoms with Gasteiger partial charge in [-0.25, -0.2) is 0 Å². The molecule has 0 bridgehead atoms. The zero-order chi connectivity index (χ0) is 15.6. The SMILES string of the molecule is COc1cc(Cl)ccc1Oc1c(Cl)cc(B(O)O)cc1Cl. The summed E-state index contributed by atoms with van der Waals surface area (Å²) < 4.78 is 10.8. The first-order valence-corrected chi connectivity index (χ1v) is 6.92. The Morgan fingerprint density at radius 1 is 0.952 bits per heavy atom. The summed E-state index contributed by atoms with van der Waals surface area (Å²) in [4.78, 5) is 0. The molecule has 0 aromatic heterocycles. The minimum atomic E-state index is -1.67. The number of hydrogen-bond acceptors (Lipinski definition) is 4. The van der Waals surface area contributed by atoms with Crippen LogP contribution < -0.4 is 14.9 Å². The molecule has 0 spiro atoms. The predicted molar refractivity (Wildman–Crippen MR) is 84.4 cm³/mol. The van der Waals surface area contributed by atoms with Crippen molar-refractivity contribution in [2.24, 2.45) is 0 Å².